The first-order valence-corrected chi connectivity index (χ1v) is 3.90. The van der Waals surface area contributed by atoms with E-state index in [1.54, 1.807) is 20.0 Å². The molecule has 0 unspecified atom stereocenters. The molecule has 2 N–H and O–H groups in total. The number of anilines is 1. The SMILES string of the molecule is CNc1ccc(C(C)(C)O)cn1. The highest BCUT2D eigenvalue weighted by molar-refractivity contribution is 5.35. The first-order chi connectivity index (χ1) is 5.54. The fourth-order valence-corrected chi connectivity index (χ4v) is 0.904. The summed E-state index contributed by atoms with van der Waals surface area (Å²) in [4.78, 5) is 4.09. The van der Waals surface area contributed by atoms with Crippen LogP contribution in [0.25, 0.3) is 0 Å². The van der Waals surface area contributed by atoms with Gasteiger partial charge in [0.15, 0.2) is 0 Å². The van der Waals surface area contributed by atoms with Gasteiger partial charge in [0, 0.05) is 18.8 Å². The molecule has 0 radical (unpaired) electrons. The lowest BCUT2D eigenvalue weighted by atomic mass is 10.0. The lowest BCUT2D eigenvalue weighted by molar-refractivity contribution is 0.0782. The summed E-state index contributed by atoms with van der Waals surface area (Å²) in [6.45, 7) is 3.48. The van der Waals surface area contributed by atoms with Crippen LogP contribution >= 0.6 is 0 Å². The summed E-state index contributed by atoms with van der Waals surface area (Å²) >= 11 is 0. The highest BCUT2D eigenvalue weighted by Gasteiger charge is 2.15. The van der Waals surface area contributed by atoms with Crippen molar-refractivity contribution in [2.45, 2.75) is 19.4 Å². The van der Waals surface area contributed by atoms with Crippen LogP contribution in [0.3, 0.4) is 0 Å². The Balaban J connectivity index is 2.93. The zero-order valence-corrected chi connectivity index (χ0v) is 7.63. The second-order valence-corrected chi connectivity index (χ2v) is 3.24. The van der Waals surface area contributed by atoms with Gasteiger partial charge in [0.05, 0.1) is 5.60 Å². The monoisotopic (exact) mass is 166 g/mol. The van der Waals surface area contributed by atoms with Crippen molar-refractivity contribution < 1.29 is 5.11 Å². The number of rotatable bonds is 2. The van der Waals surface area contributed by atoms with Crippen LogP contribution in [0.1, 0.15) is 19.4 Å². The molecule has 0 saturated carbocycles. The van der Waals surface area contributed by atoms with Gasteiger partial charge in [0.1, 0.15) is 5.82 Å². The average Bonchev–Trinajstić information content (AvgIpc) is 2.03. The summed E-state index contributed by atoms with van der Waals surface area (Å²) in [5.74, 6) is 0.808. The van der Waals surface area contributed by atoms with Crippen LogP contribution in [0.15, 0.2) is 18.3 Å². The van der Waals surface area contributed by atoms with E-state index in [1.165, 1.54) is 0 Å². The predicted octanol–water partition coefficient (Wildman–Crippen LogP) is 1.35. The van der Waals surface area contributed by atoms with E-state index in [1.807, 2.05) is 19.2 Å². The van der Waals surface area contributed by atoms with E-state index in [2.05, 4.69) is 10.3 Å². The molecule has 0 fully saturated rings. The van der Waals surface area contributed by atoms with Crippen molar-refractivity contribution >= 4 is 5.82 Å². The number of nitrogens with one attached hydrogen (secondary N) is 1. The highest BCUT2D eigenvalue weighted by atomic mass is 16.3. The highest BCUT2D eigenvalue weighted by Crippen LogP contribution is 2.18. The molecule has 3 heteroatoms. The molecule has 1 aromatic rings. The second kappa shape index (κ2) is 3.11. The zero-order chi connectivity index (χ0) is 9.19. The predicted molar refractivity (Wildman–Crippen MR) is 49.0 cm³/mol. The summed E-state index contributed by atoms with van der Waals surface area (Å²) in [5, 5.41) is 12.5. The Morgan fingerprint density at radius 1 is 1.42 bits per heavy atom. The number of aliphatic hydroxyl groups is 1. The molecular formula is C9H14N2O. The Bertz CT molecular complexity index is 248. The van der Waals surface area contributed by atoms with Crippen LogP contribution in [0.2, 0.25) is 0 Å². The maximum atomic E-state index is 9.59. The minimum absolute atomic E-state index is 0.806. The van der Waals surface area contributed by atoms with Gasteiger partial charge in [-0.25, -0.2) is 4.98 Å². The Morgan fingerprint density at radius 2 is 2.08 bits per heavy atom. The van der Waals surface area contributed by atoms with Crippen molar-refractivity contribution in [1.29, 1.82) is 0 Å². The molecular weight excluding hydrogens is 152 g/mol. The van der Waals surface area contributed by atoms with Crippen molar-refractivity contribution in [3.63, 3.8) is 0 Å². The van der Waals surface area contributed by atoms with Gasteiger partial charge in [-0.1, -0.05) is 6.07 Å². The summed E-state index contributed by atoms with van der Waals surface area (Å²) in [7, 11) is 1.81. The van der Waals surface area contributed by atoms with E-state index in [0.717, 1.165) is 11.4 Å². The van der Waals surface area contributed by atoms with Crippen LogP contribution in [-0.2, 0) is 5.60 Å². The maximum Gasteiger partial charge on any atom is 0.125 e. The summed E-state index contributed by atoms with van der Waals surface area (Å²) in [6.07, 6.45) is 1.67. The zero-order valence-electron chi connectivity index (χ0n) is 7.63. The third-order valence-electron chi connectivity index (χ3n) is 1.73. The number of hydrogen-bond donors (Lipinski definition) is 2. The Labute approximate surface area is 72.5 Å². The van der Waals surface area contributed by atoms with Gasteiger partial charge in [-0.15, -0.1) is 0 Å². The van der Waals surface area contributed by atoms with Crippen LogP contribution in [0.5, 0.6) is 0 Å². The minimum atomic E-state index is -0.806. The van der Waals surface area contributed by atoms with E-state index >= 15 is 0 Å². The van der Waals surface area contributed by atoms with E-state index in [0.29, 0.717) is 0 Å². The number of nitrogens with zero attached hydrogens (tertiary/aromatic N) is 1. The van der Waals surface area contributed by atoms with Crippen molar-refractivity contribution in [3.05, 3.63) is 23.9 Å². The molecule has 0 saturated heterocycles. The van der Waals surface area contributed by atoms with Crippen LogP contribution in [0, 0.1) is 0 Å². The molecule has 1 heterocycles. The van der Waals surface area contributed by atoms with Crippen molar-refractivity contribution in [3.8, 4) is 0 Å². The molecule has 66 valence electrons. The molecule has 1 aromatic heterocycles. The Kier molecular flexibility index (Phi) is 2.33. The number of aromatic nitrogens is 1. The first-order valence-electron chi connectivity index (χ1n) is 3.90. The van der Waals surface area contributed by atoms with Gasteiger partial charge >= 0.3 is 0 Å². The lowest BCUT2D eigenvalue weighted by Crippen LogP contribution is -2.15. The third-order valence-corrected chi connectivity index (χ3v) is 1.73. The quantitative estimate of drug-likeness (QED) is 0.697. The molecule has 1 rings (SSSR count). The maximum absolute atomic E-state index is 9.59. The van der Waals surface area contributed by atoms with Crippen molar-refractivity contribution in [2.75, 3.05) is 12.4 Å². The normalized spacial score (nSPS) is 11.3. The molecule has 0 aliphatic rings. The first kappa shape index (κ1) is 9.00. The van der Waals surface area contributed by atoms with Gasteiger partial charge in [0.2, 0.25) is 0 Å². The molecule has 0 atom stereocenters. The topological polar surface area (TPSA) is 45.1 Å². The number of pyridine rings is 1. The fourth-order valence-electron chi connectivity index (χ4n) is 0.904. The molecule has 0 aliphatic heterocycles. The molecule has 0 aromatic carbocycles. The summed E-state index contributed by atoms with van der Waals surface area (Å²) in [5.41, 5.74) is 0.0146. The lowest BCUT2D eigenvalue weighted by Gasteiger charge is -2.16. The van der Waals surface area contributed by atoms with Gasteiger partial charge in [0.25, 0.3) is 0 Å². The minimum Gasteiger partial charge on any atom is -0.386 e. The number of hydrogen-bond acceptors (Lipinski definition) is 3. The molecule has 0 aliphatic carbocycles. The van der Waals surface area contributed by atoms with E-state index in [4.69, 9.17) is 0 Å². The third kappa shape index (κ3) is 1.95. The Hall–Kier alpha value is -1.09. The van der Waals surface area contributed by atoms with Gasteiger partial charge in [-0.2, -0.15) is 0 Å². The Morgan fingerprint density at radius 3 is 2.42 bits per heavy atom. The molecule has 0 amide bonds. The van der Waals surface area contributed by atoms with E-state index in [9.17, 15) is 5.11 Å². The fraction of sp³-hybridized carbons (Fsp3) is 0.444. The van der Waals surface area contributed by atoms with Gasteiger partial charge < -0.3 is 10.4 Å². The average molecular weight is 166 g/mol. The molecule has 0 spiro atoms. The van der Waals surface area contributed by atoms with E-state index in [-0.39, 0.29) is 0 Å². The van der Waals surface area contributed by atoms with Crippen LogP contribution in [0.4, 0.5) is 5.82 Å². The van der Waals surface area contributed by atoms with Crippen LogP contribution in [-0.4, -0.2) is 17.1 Å². The molecule has 12 heavy (non-hydrogen) atoms. The standard InChI is InChI=1S/C9H14N2O/c1-9(2,12)7-4-5-8(10-3)11-6-7/h4-6,12H,1-3H3,(H,10,11). The largest absolute Gasteiger partial charge is 0.386 e. The second-order valence-electron chi connectivity index (χ2n) is 3.24. The smallest absolute Gasteiger partial charge is 0.125 e. The summed E-state index contributed by atoms with van der Waals surface area (Å²) in [6, 6.07) is 3.70. The van der Waals surface area contributed by atoms with Gasteiger partial charge in [-0.3, -0.25) is 0 Å². The summed E-state index contributed by atoms with van der Waals surface area (Å²) < 4.78 is 0. The van der Waals surface area contributed by atoms with Crippen LogP contribution < -0.4 is 5.32 Å². The van der Waals surface area contributed by atoms with Crippen molar-refractivity contribution in [1.82, 2.24) is 4.98 Å². The van der Waals surface area contributed by atoms with Gasteiger partial charge in [-0.05, 0) is 19.9 Å². The molecule has 3 nitrogen and oxygen atoms in total. The molecule has 0 bridgehead atoms. The van der Waals surface area contributed by atoms with E-state index < -0.39 is 5.60 Å². The van der Waals surface area contributed by atoms with Crippen molar-refractivity contribution in [2.24, 2.45) is 0 Å².